The van der Waals surface area contributed by atoms with Gasteiger partial charge in [-0.2, -0.15) is 0 Å². The number of nitrogens with two attached hydrogens (primary N) is 1. The number of rotatable bonds is 3. The van der Waals surface area contributed by atoms with Crippen LogP contribution in [0.4, 0.5) is 0 Å². The standard InChI is InChI=1S/C9H13BrN2O/c1-6(2)5-7(12-11)8-3-4-9(10)13-8/h3-5,7,12H,11H2,1-2H3. The molecule has 0 bridgehead atoms. The Labute approximate surface area is 86.1 Å². The van der Waals surface area contributed by atoms with Gasteiger partial charge in [-0.25, -0.2) is 5.43 Å². The number of furan rings is 1. The van der Waals surface area contributed by atoms with Gasteiger partial charge in [-0.3, -0.25) is 5.84 Å². The second-order valence-electron chi connectivity index (χ2n) is 3.03. The molecule has 72 valence electrons. The summed E-state index contributed by atoms with van der Waals surface area (Å²) in [6.07, 6.45) is 2.01. The van der Waals surface area contributed by atoms with Gasteiger partial charge in [-0.05, 0) is 41.9 Å². The first-order valence-electron chi connectivity index (χ1n) is 4.00. The second kappa shape index (κ2) is 4.60. The van der Waals surface area contributed by atoms with Crippen LogP contribution >= 0.6 is 15.9 Å². The van der Waals surface area contributed by atoms with Crippen LogP contribution in [0.2, 0.25) is 0 Å². The summed E-state index contributed by atoms with van der Waals surface area (Å²) >= 11 is 3.24. The summed E-state index contributed by atoms with van der Waals surface area (Å²) in [5, 5.41) is 0. The summed E-state index contributed by atoms with van der Waals surface area (Å²) < 4.78 is 6.08. The van der Waals surface area contributed by atoms with Crippen LogP contribution in [0.3, 0.4) is 0 Å². The monoisotopic (exact) mass is 244 g/mol. The minimum Gasteiger partial charge on any atom is -0.452 e. The molecule has 0 radical (unpaired) electrons. The average molecular weight is 245 g/mol. The third-order valence-electron chi connectivity index (χ3n) is 1.58. The van der Waals surface area contributed by atoms with Gasteiger partial charge in [0.05, 0.1) is 6.04 Å². The molecule has 1 atom stereocenters. The maximum absolute atomic E-state index is 5.39. The zero-order valence-electron chi connectivity index (χ0n) is 7.67. The smallest absolute Gasteiger partial charge is 0.169 e. The van der Waals surface area contributed by atoms with Crippen molar-refractivity contribution in [2.45, 2.75) is 19.9 Å². The Morgan fingerprint density at radius 1 is 1.62 bits per heavy atom. The zero-order valence-corrected chi connectivity index (χ0v) is 9.26. The molecule has 0 aliphatic rings. The topological polar surface area (TPSA) is 51.2 Å². The molecule has 0 spiro atoms. The fraction of sp³-hybridized carbons (Fsp3) is 0.333. The molecule has 4 heteroatoms. The fourth-order valence-electron chi connectivity index (χ4n) is 1.04. The molecule has 0 aromatic carbocycles. The van der Waals surface area contributed by atoms with Crippen LogP contribution in [0.1, 0.15) is 25.6 Å². The van der Waals surface area contributed by atoms with E-state index in [-0.39, 0.29) is 6.04 Å². The lowest BCUT2D eigenvalue weighted by molar-refractivity contribution is 0.442. The normalized spacial score (nSPS) is 12.6. The Bertz CT molecular complexity index is 302. The highest BCUT2D eigenvalue weighted by Gasteiger charge is 2.09. The maximum atomic E-state index is 5.39. The molecule has 0 aliphatic carbocycles. The molecule has 0 amide bonds. The molecule has 1 aromatic rings. The highest BCUT2D eigenvalue weighted by atomic mass is 79.9. The third-order valence-corrected chi connectivity index (χ3v) is 2.01. The van der Waals surface area contributed by atoms with E-state index in [1.54, 1.807) is 0 Å². The van der Waals surface area contributed by atoms with Crippen LogP contribution < -0.4 is 11.3 Å². The number of hydrazine groups is 1. The highest BCUT2D eigenvalue weighted by molar-refractivity contribution is 9.10. The second-order valence-corrected chi connectivity index (χ2v) is 3.81. The van der Waals surface area contributed by atoms with E-state index in [2.05, 4.69) is 21.4 Å². The predicted molar refractivity (Wildman–Crippen MR) is 55.9 cm³/mol. The first kappa shape index (κ1) is 10.5. The summed E-state index contributed by atoms with van der Waals surface area (Å²) in [5.41, 5.74) is 3.86. The molecule has 3 nitrogen and oxygen atoms in total. The average Bonchev–Trinajstić information content (AvgIpc) is 2.47. The molecule has 3 N–H and O–H groups in total. The van der Waals surface area contributed by atoms with Crippen molar-refractivity contribution in [1.82, 2.24) is 5.43 Å². The lowest BCUT2D eigenvalue weighted by Crippen LogP contribution is -2.26. The lowest BCUT2D eigenvalue weighted by atomic mass is 10.2. The third kappa shape index (κ3) is 2.99. The van der Waals surface area contributed by atoms with E-state index in [0.29, 0.717) is 4.67 Å². The molecule has 0 fully saturated rings. The first-order valence-corrected chi connectivity index (χ1v) is 4.79. The number of halogens is 1. The van der Waals surface area contributed by atoms with E-state index >= 15 is 0 Å². The van der Waals surface area contributed by atoms with Crippen LogP contribution in [0.15, 0.2) is 32.9 Å². The molecule has 1 heterocycles. The number of hydrogen-bond acceptors (Lipinski definition) is 3. The van der Waals surface area contributed by atoms with E-state index in [1.165, 1.54) is 5.57 Å². The highest BCUT2D eigenvalue weighted by Crippen LogP contribution is 2.21. The van der Waals surface area contributed by atoms with Crippen molar-refractivity contribution < 1.29 is 4.42 Å². The van der Waals surface area contributed by atoms with Gasteiger partial charge >= 0.3 is 0 Å². The minimum absolute atomic E-state index is 0.0590. The molecule has 1 unspecified atom stereocenters. The molecule has 0 saturated heterocycles. The van der Waals surface area contributed by atoms with Crippen molar-refractivity contribution in [3.63, 3.8) is 0 Å². The molecule has 0 aliphatic heterocycles. The first-order chi connectivity index (χ1) is 6.13. The van der Waals surface area contributed by atoms with Crippen molar-refractivity contribution in [3.05, 3.63) is 34.2 Å². The quantitative estimate of drug-likeness (QED) is 0.488. The van der Waals surface area contributed by atoms with Crippen molar-refractivity contribution in [2.24, 2.45) is 5.84 Å². The number of allylic oxidation sites excluding steroid dienone is 1. The number of hydrogen-bond donors (Lipinski definition) is 2. The zero-order chi connectivity index (χ0) is 9.84. The molecule has 0 saturated carbocycles. The van der Waals surface area contributed by atoms with E-state index < -0.39 is 0 Å². The van der Waals surface area contributed by atoms with Crippen LogP contribution in [0.25, 0.3) is 0 Å². The van der Waals surface area contributed by atoms with Gasteiger partial charge in [0.2, 0.25) is 0 Å². The summed E-state index contributed by atoms with van der Waals surface area (Å²) in [6, 6.07) is 3.67. The van der Waals surface area contributed by atoms with Crippen molar-refractivity contribution >= 4 is 15.9 Å². The molecule has 1 rings (SSSR count). The van der Waals surface area contributed by atoms with Crippen molar-refractivity contribution in [3.8, 4) is 0 Å². The van der Waals surface area contributed by atoms with Gasteiger partial charge in [0.15, 0.2) is 4.67 Å². The Hall–Kier alpha value is -0.580. The molecule has 13 heavy (non-hydrogen) atoms. The Balaban J connectivity index is 2.84. The van der Waals surface area contributed by atoms with Gasteiger partial charge in [0, 0.05) is 0 Å². The number of nitrogens with one attached hydrogen (secondary N) is 1. The largest absolute Gasteiger partial charge is 0.452 e. The minimum atomic E-state index is -0.0590. The predicted octanol–water partition coefficient (Wildman–Crippen LogP) is 2.51. The lowest BCUT2D eigenvalue weighted by Gasteiger charge is -2.08. The summed E-state index contributed by atoms with van der Waals surface area (Å²) in [4.78, 5) is 0. The van der Waals surface area contributed by atoms with Gasteiger partial charge in [-0.1, -0.05) is 11.6 Å². The van der Waals surface area contributed by atoms with Crippen molar-refractivity contribution in [2.75, 3.05) is 0 Å². The fourth-order valence-corrected chi connectivity index (χ4v) is 1.36. The summed E-state index contributed by atoms with van der Waals surface area (Å²) in [7, 11) is 0. The van der Waals surface area contributed by atoms with E-state index in [1.807, 2.05) is 32.1 Å². The van der Waals surface area contributed by atoms with E-state index in [0.717, 1.165) is 5.76 Å². The van der Waals surface area contributed by atoms with E-state index in [4.69, 9.17) is 10.3 Å². The van der Waals surface area contributed by atoms with Gasteiger partial charge in [0.1, 0.15) is 5.76 Å². The SMILES string of the molecule is CC(C)=CC(NN)c1ccc(Br)o1. The summed E-state index contributed by atoms with van der Waals surface area (Å²) in [6.45, 7) is 4.03. The van der Waals surface area contributed by atoms with Crippen LogP contribution in [-0.2, 0) is 0 Å². The Morgan fingerprint density at radius 3 is 2.69 bits per heavy atom. The van der Waals surface area contributed by atoms with Crippen LogP contribution in [0.5, 0.6) is 0 Å². The van der Waals surface area contributed by atoms with Gasteiger partial charge in [-0.15, -0.1) is 0 Å². The van der Waals surface area contributed by atoms with Crippen LogP contribution in [0, 0.1) is 0 Å². The molecular formula is C9H13BrN2O. The van der Waals surface area contributed by atoms with Gasteiger partial charge < -0.3 is 4.42 Å². The maximum Gasteiger partial charge on any atom is 0.169 e. The molecule has 1 aromatic heterocycles. The van der Waals surface area contributed by atoms with Gasteiger partial charge in [0.25, 0.3) is 0 Å². The van der Waals surface area contributed by atoms with Crippen LogP contribution in [-0.4, -0.2) is 0 Å². The Kier molecular flexibility index (Phi) is 3.71. The van der Waals surface area contributed by atoms with E-state index in [9.17, 15) is 0 Å². The van der Waals surface area contributed by atoms with Crippen molar-refractivity contribution in [1.29, 1.82) is 0 Å². The Morgan fingerprint density at radius 2 is 2.31 bits per heavy atom. The summed E-state index contributed by atoms with van der Waals surface area (Å²) in [5.74, 6) is 6.19. The molecular weight excluding hydrogens is 232 g/mol.